The number of hydrogen-bond acceptors (Lipinski definition) is 4. The van der Waals surface area contributed by atoms with Crippen LogP contribution in [0.5, 0.6) is 0 Å². The number of carboxylic acids is 1. The molecular weight excluding hydrogens is 318 g/mol. The van der Waals surface area contributed by atoms with Gasteiger partial charge in [-0.15, -0.1) is 0 Å². The Bertz CT molecular complexity index is 653. The fourth-order valence-electron chi connectivity index (χ4n) is 1.52. The predicted octanol–water partition coefficient (Wildman–Crippen LogP) is 2.30. The van der Waals surface area contributed by atoms with E-state index >= 15 is 0 Å². The maximum absolute atomic E-state index is 10.7. The lowest BCUT2D eigenvalue weighted by Crippen LogP contribution is -2.04. The van der Waals surface area contributed by atoms with Crippen LogP contribution in [0.25, 0.3) is 0 Å². The van der Waals surface area contributed by atoms with Crippen LogP contribution in [-0.4, -0.2) is 25.8 Å². The van der Waals surface area contributed by atoms with Gasteiger partial charge >= 0.3 is 5.97 Å². The highest BCUT2D eigenvalue weighted by Crippen LogP contribution is 2.23. The predicted molar refractivity (Wildman–Crippen MR) is 69.1 cm³/mol. The molecule has 0 fully saturated rings. The SMILES string of the molecule is O=C(O)c1ccn(Cc2ccc([N+](=O)[O-])cc2Br)n1. The van der Waals surface area contributed by atoms with Gasteiger partial charge in [0.05, 0.1) is 11.5 Å². The summed E-state index contributed by atoms with van der Waals surface area (Å²) in [6.07, 6.45) is 1.54. The van der Waals surface area contributed by atoms with Gasteiger partial charge in [-0.3, -0.25) is 14.8 Å². The normalized spacial score (nSPS) is 10.4. The highest BCUT2D eigenvalue weighted by molar-refractivity contribution is 9.10. The van der Waals surface area contributed by atoms with Crippen LogP contribution in [0.3, 0.4) is 0 Å². The minimum Gasteiger partial charge on any atom is -0.476 e. The van der Waals surface area contributed by atoms with E-state index < -0.39 is 10.9 Å². The molecule has 1 N–H and O–H groups in total. The standard InChI is InChI=1S/C11H8BrN3O4/c12-9-5-8(15(18)19)2-1-7(9)6-14-4-3-10(13-14)11(16)17/h1-5H,6H2,(H,16,17). The summed E-state index contributed by atoms with van der Waals surface area (Å²) in [5, 5.41) is 23.2. The molecule has 0 saturated heterocycles. The second-order valence-electron chi connectivity index (χ2n) is 3.74. The fraction of sp³-hybridized carbons (Fsp3) is 0.0909. The molecule has 0 saturated carbocycles. The molecule has 1 aromatic heterocycles. The van der Waals surface area contributed by atoms with Gasteiger partial charge in [-0.05, 0) is 17.7 Å². The van der Waals surface area contributed by atoms with Crippen molar-refractivity contribution in [1.29, 1.82) is 0 Å². The molecule has 0 unspecified atom stereocenters. The molecule has 7 nitrogen and oxygen atoms in total. The lowest BCUT2D eigenvalue weighted by atomic mass is 10.2. The lowest BCUT2D eigenvalue weighted by Gasteiger charge is -2.04. The number of benzene rings is 1. The van der Waals surface area contributed by atoms with Crippen molar-refractivity contribution >= 4 is 27.6 Å². The summed E-state index contributed by atoms with van der Waals surface area (Å²) in [4.78, 5) is 20.8. The van der Waals surface area contributed by atoms with Crippen molar-refractivity contribution in [2.24, 2.45) is 0 Å². The van der Waals surface area contributed by atoms with Gasteiger partial charge in [0.2, 0.25) is 0 Å². The van der Waals surface area contributed by atoms with E-state index in [1.165, 1.54) is 29.1 Å². The molecule has 0 atom stereocenters. The van der Waals surface area contributed by atoms with E-state index in [1.807, 2.05) is 0 Å². The van der Waals surface area contributed by atoms with Gasteiger partial charge < -0.3 is 5.11 Å². The first-order valence-electron chi connectivity index (χ1n) is 5.17. The van der Waals surface area contributed by atoms with Crippen LogP contribution in [-0.2, 0) is 6.54 Å². The van der Waals surface area contributed by atoms with Crippen LogP contribution >= 0.6 is 15.9 Å². The summed E-state index contributed by atoms with van der Waals surface area (Å²) < 4.78 is 2.03. The van der Waals surface area contributed by atoms with Gasteiger partial charge in [0, 0.05) is 22.8 Å². The van der Waals surface area contributed by atoms with E-state index in [-0.39, 0.29) is 11.4 Å². The van der Waals surface area contributed by atoms with Crippen LogP contribution in [0.15, 0.2) is 34.9 Å². The molecule has 2 rings (SSSR count). The Morgan fingerprint density at radius 2 is 2.21 bits per heavy atom. The number of carbonyl (C=O) groups is 1. The molecule has 2 aromatic rings. The maximum Gasteiger partial charge on any atom is 0.356 e. The monoisotopic (exact) mass is 325 g/mol. The quantitative estimate of drug-likeness (QED) is 0.687. The molecule has 1 heterocycles. The van der Waals surface area contributed by atoms with Crippen molar-refractivity contribution in [3.05, 3.63) is 56.3 Å². The third kappa shape index (κ3) is 2.97. The average molecular weight is 326 g/mol. The van der Waals surface area contributed by atoms with Crippen LogP contribution in [0, 0.1) is 10.1 Å². The summed E-state index contributed by atoms with van der Waals surface area (Å²) >= 11 is 3.25. The molecule has 0 bridgehead atoms. The second kappa shape index (κ2) is 5.19. The smallest absolute Gasteiger partial charge is 0.356 e. The molecule has 0 radical (unpaired) electrons. The first-order chi connectivity index (χ1) is 8.97. The highest BCUT2D eigenvalue weighted by Gasteiger charge is 2.11. The van der Waals surface area contributed by atoms with Crippen molar-refractivity contribution < 1.29 is 14.8 Å². The van der Waals surface area contributed by atoms with Gasteiger partial charge in [-0.25, -0.2) is 4.79 Å². The van der Waals surface area contributed by atoms with Crippen molar-refractivity contribution in [3.63, 3.8) is 0 Å². The molecule has 0 amide bonds. The van der Waals surface area contributed by atoms with Crippen molar-refractivity contribution in [1.82, 2.24) is 9.78 Å². The number of non-ortho nitro benzene ring substituents is 1. The number of rotatable bonds is 4. The fourth-order valence-corrected chi connectivity index (χ4v) is 2.01. The summed E-state index contributed by atoms with van der Waals surface area (Å²) in [6, 6.07) is 5.78. The Morgan fingerprint density at radius 1 is 1.47 bits per heavy atom. The molecule has 0 aliphatic carbocycles. The van der Waals surface area contributed by atoms with Crippen LogP contribution in [0.1, 0.15) is 16.1 Å². The van der Waals surface area contributed by atoms with E-state index in [9.17, 15) is 14.9 Å². The number of hydrogen-bond donors (Lipinski definition) is 1. The van der Waals surface area contributed by atoms with Crippen LogP contribution < -0.4 is 0 Å². The maximum atomic E-state index is 10.7. The molecule has 0 spiro atoms. The number of aromatic carboxylic acids is 1. The molecule has 0 aliphatic heterocycles. The Morgan fingerprint density at radius 3 is 2.74 bits per heavy atom. The molecule has 0 aliphatic rings. The van der Waals surface area contributed by atoms with Gasteiger partial charge in [0.25, 0.3) is 5.69 Å². The molecule has 8 heteroatoms. The largest absolute Gasteiger partial charge is 0.476 e. The number of halogens is 1. The minimum absolute atomic E-state index is 0.0117. The number of aromatic nitrogens is 2. The van der Waals surface area contributed by atoms with Crippen LogP contribution in [0.2, 0.25) is 0 Å². The third-order valence-electron chi connectivity index (χ3n) is 2.44. The van der Waals surface area contributed by atoms with Crippen LogP contribution in [0.4, 0.5) is 5.69 Å². The van der Waals surface area contributed by atoms with Crippen molar-refractivity contribution in [2.45, 2.75) is 6.54 Å². The average Bonchev–Trinajstić information content (AvgIpc) is 2.80. The third-order valence-corrected chi connectivity index (χ3v) is 3.18. The van der Waals surface area contributed by atoms with E-state index in [0.717, 1.165) is 5.56 Å². The van der Waals surface area contributed by atoms with E-state index in [1.54, 1.807) is 6.07 Å². The van der Waals surface area contributed by atoms with E-state index in [2.05, 4.69) is 21.0 Å². The Hall–Kier alpha value is -2.22. The molecule has 98 valence electrons. The number of nitrogens with zero attached hydrogens (tertiary/aromatic N) is 3. The Labute approximate surface area is 115 Å². The zero-order valence-electron chi connectivity index (χ0n) is 9.49. The summed E-state index contributed by atoms with van der Waals surface area (Å²) in [6.45, 7) is 0.325. The topological polar surface area (TPSA) is 98.3 Å². The van der Waals surface area contributed by atoms with Gasteiger partial charge in [0.15, 0.2) is 5.69 Å². The molecule has 19 heavy (non-hydrogen) atoms. The van der Waals surface area contributed by atoms with Crippen molar-refractivity contribution in [2.75, 3.05) is 0 Å². The van der Waals surface area contributed by atoms with Gasteiger partial charge in [-0.1, -0.05) is 15.9 Å². The zero-order valence-corrected chi connectivity index (χ0v) is 11.1. The summed E-state index contributed by atoms with van der Waals surface area (Å²) in [7, 11) is 0. The first kappa shape index (κ1) is 13.2. The van der Waals surface area contributed by atoms with Crippen molar-refractivity contribution in [3.8, 4) is 0 Å². The summed E-state index contributed by atoms with van der Waals surface area (Å²) in [5.74, 6) is -1.10. The van der Waals surface area contributed by atoms with E-state index in [0.29, 0.717) is 11.0 Å². The number of nitro groups is 1. The number of nitro benzene ring substituents is 1. The molecule has 1 aromatic carbocycles. The van der Waals surface area contributed by atoms with E-state index in [4.69, 9.17) is 5.11 Å². The summed E-state index contributed by atoms with van der Waals surface area (Å²) in [5.41, 5.74) is 0.714. The molecular formula is C11H8BrN3O4. The Kier molecular flexibility index (Phi) is 3.61. The lowest BCUT2D eigenvalue weighted by molar-refractivity contribution is -0.384. The highest BCUT2D eigenvalue weighted by atomic mass is 79.9. The minimum atomic E-state index is -1.10. The first-order valence-corrected chi connectivity index (χ1v) is 5.96. The van der Waals surface area contributed by atoms with Gasteiger partial charge in [0.1, 0.15) is 0 Å². The Balaban J connectivity index is 2.23. The number of carboxylic acid groups (broad SMARTS) is 1. The second-order valence-corrected chi connectivity index (χ2v) is 4.59. The zero-order chi connectivity index (χ0) is 14.0. The van der Waals surface area contributed by atoms with Gasteiger partial charge in [-0.2, -0.15) is 5.10 Å².